The van der Waals surface area contributed by atoms with Crippen LogP contribution in [0.2, 0.25) is 0 Å². The SMILES string of the molecule is CCN1C(=O)CCC(N2C(=N)c3c(cccc3C(C)(C)C)C2=O)C1=O. The van der Waals surface area contributed by atoms with E-state index < -0.39 is 6.04 Å². The van der Waals surface area contributed by atoms with Gasteiger partial charge in [-0.25, -0.2) is 0 Å². The average molecular weight is 341 g/mol. The molecule has 6 nitrogen and oxygen atoms in total. The summed E-state index contributed by atoms with van der Waals surface area (Å²) in [6.45, 7) is 8.12. The van der Waals surface area contributed by atoms with Gasteiger partial charge in [0.15, 0.2) is 0 Å². The van der Waals surface area contributed by atoms with E-state index in [1.54, 1.807) is 13.0 Å². The minimum absolute atomic E-state index is 0.0641. The van der Waals surface area contributed by atoms with Crippen LogP contribution in [0.15, 0.2) is 18.2 Å². The van der Waals surface area contributed by atoms with Crippen LogP contribution >= 0.6 is 0 Å². The van der Waals surface area contributed by atoms with Gasteiger partial charge in [0, 0.05) is 18.5 Å². The summed E-state index contributed by atoms with van der Waals surface area (Å²) in [5.41, 5.74) is 1.76. The lowest BCUT2D eigenvalue weighted by Gasteiger charge is -2.35. The molecule has 6 heteroatoms. The molecule has 1 aromatic rings. The minimum Gasteiger partial charge on any atom is -0.284 e. The number of benzene rings is 1. The lowest BCUT2D eigenvalue weighted by Crippen LogP contribution is -2.56. The van der Waals surface area contributed by atoms with E-state index in [2.05, 4.69) is 0 Å². The lowest BCUT2D eigenvalue weighted by molar-refractivity contribution is -0.150. The summed E-state index contributed by atoms with van der Waals surface area (Å²) in [6, 6.07) is 4.67. The molecule has 1 aromatic carbocycles. The summed E-state index contributed by atoms with van der Waals surface area (Å²) in [6.07, 6.45) is 0.477. The molecule has 1 N–H and O–H groups in total. The Bertz CT molecular complexity index is 792. The number of likely N-dealkylation sites (tertiary alicyclic amines) is 1. The number of piperidine rings is 1. The topological polar surface area (TPSA) is 81.5 Å². The molecule has 1 unspecified atom stereocenters. The Morgan fingerprint density at radius 3 is 2.48 bits per heavy atom. The van der Waals surface area contributed by atoms with Crippen molar-refractivity contribution < 1.29 is 14.4 Å². The summed E-state index contributed by atoms with van der Waals surface area (Å²) in [7, 11) is 0. The maximum atomic E-state index is 12.9. The van der Waals surface area contributed by atoms with E-state index in [0.717, 1.165) is 5.56 Å². The Morgan fingerprint density at radius 2 is 1.88 bits per heavy atom. The standard InChI is InChI=1S/C19H23N3O3/c1-5-21-14(23)10-9-13(18(21)25)22-16(20)15-11(17(22)24)7-6-8-12(15)19(2,3)4/h6-8,13,20H,5,9-10H2,1-4H3. The van der Waals surface area contributed by atoms with Crippen LogP contribution in [0.1, 0.15) is 62.0 Å². The summed E-state index contributed by atoms with van der Waals surface area (Å²) in [5.74, 6) is -0.860. The number of carbonyl (C=O) groups excluding carboxylic acids is 3. The van der Waals surface area contributed by atoms with Crippen molar-refractivity contribution in [1.29, 1.82) is 5.41 Å². The normalized spacial score (nSPS) is 21.2. The quantitative estimate of drug-likeness (QED) is 0.838. The number of nitrogens with one attached hydrogen (secondary N) is 1. The molecule has 0 saturated carbocycles. The fraction of sp³-hybridized carbons (Fsp3) is 0.474. The largest absolute Gasteiger partial charge is 0.284 e. The zero-order valence-corrected chi connectivity index (χ0v) is 15.0. The second-order valence-electron chi connectivity index (χ2n) is 7.53. The molecule has 0 bridgehead atoms. The molecule has 2 heterocycles. The number of nitrogens with zero attached hydrogens (tertiary/aromatic N) is 2. The average Bonchev–Trinajstić information content (AvgIpc) is 2.79. The zero-order chi connectivity index (χ0) is 18.5. The third-order valence-electron chi connectivity index (χ3n) is 4.91. The number of likely N-dealkylation sites (N-methyl/N-ethyl adjacent to an activating group) is 1. The van der Waals surface area contributed by atoms with Crippen LogP contribution in [0.25, 0.3) is 0 Å². The van der Waals surface area contributed by atoms with E-state index in [-0.39, 0.29) is 48.4 Å². The number of hydrogen-bond acceptors (Lipinski definition) is 4. The molecule has 2 aliphatic rings. The van der Waals surface area contributed by atoms with Crippen molar-refractivity contribution in [3.05, 3.63) is 34.9 Å². The molecule has 0 spiro atoms. The first kappa shape index (κ1) is 17.3. The maximum Gasteiger partial charge on any atom is 0.260 e. The Hall–Kier alpha value is -2.50. The summed E-state index contributed by atoms with van der Waals surface area (Å²) >= 11 is 0. The summed E-state index contributed by atoms with van der Waals surface area (Å²) in [4.78, 5) is 40.0. The first-order valence-corrected chi connectivity index (χ1v) is 8.58. The van der Waals surface area contributed by atoms with E-state index in [0.29, 0.717) is 11.1 Å². The molecule has 0 aliphatic carbocycles. The maximum absolute atomic E-state index is 12.9. The third kappa shape index (κ3) is 2.56. The molecule has 3 rings (SSSR count). The molecule has 2 aliphatic heterocycles. The Kier molecular flexibility index (Phi) is 4.01. The molecule has 1 atom stereocenters. The number of imide groups is 1. The molecule has 25 heavy (non-hydrogen) atoms. The van der Waals surface area contributed by atoms with Crippen molar-refractivity contribution in [1.82, 2.24) is 9.80 Å². The molecular formula is C19H23N3O3. The summed E-state index contributed by atoms with van der Waals surface area (Å²) < 4.78 is 0. The fourth-order valence-corrected chi connectivity index (χ4v) is 3.65. The molecule has 0 radical (unpaired) electrons. The highest BCUT2D eigenvalue weighted by Gasteiger charge is 2.46. The van der Waals surface area contributed by atoms with Gasteiger partial charge < -0.3 is 0 Å². The van der Waals surface area contributed by atoms with Gasteiger partial charge in [-0.15, -0.1) is 0 Å². The minimum atomic E-state index is -0.780. The van der Waals surface area contributed by atoms with Gasteiger partial charge in [-0.1, -0.05) is 32.9 Å². The van der Waals surface area contributed by atoms with Gasteiger partial charge in [0.25, 0.3) is 11.8 Å². The molecule has 0 aromatic heterocycles. The highest BCUT2D eigenvalue weighted by molar-refractivity contribution is 6.25. The van der Waals surface area contributed by atoms with Crippen molar-refractivity contribution in [2.24, 2.45) is 0 Å². The number of hydrogen-bond donors (Lipinski definition) is 1. The van der Waals surface area contributed by atoms with Gasteiger partial charge in [0.1, 0.15) is 11.9 Å². The van der Waals surface area contributed by atoms with Crippen molar-refractivity contribution in [2.75, 3.05) is 6.54 Å². The first-order valence-electron chi connectivity index (χ1n) is 8.58. The zero-order valence-electron chi connectivity index (χ0n) is 15.0. The van der Waals surface area contributed by atoms with Crippen molar-refractivity contribution >= 4 is 23.6 Å². The fourth-order valence-electron chi connectivity index (χ4n) is 3.65. The van der Waals surface area contributed by atoms with Crippen LogP contribution in [0.5, 0.6) is 0 Å². The van der Waals surface area contributed by atoms with Gasteiger partial charge in [-0.05, 0) is 30.4 Å². The number of amidine groups is 1. The predicted octanol–water partition coefficient (Wildman–Crippen LogP) is 2.30. The first-order chi connectivity index (χ1) is 11.7. The van der Waals surface area contributed by atoms with E-state index in [9.17, 15) is 14.4 Å². The van der Waals surface area contributed by atoms with Crippen LogP contribution in [0.4, 0.5) is 0 Å². The predicted molar refractivity (Wildman–Crippen MR) is 93.6 cm³/mol. The molecule has 132 valence electrons. The Labute approximate surface area is 147 Å². The van der Waals surface area contributed by atoms with Gasteiger partial charge in [-0.3, -0.25) is 29.6 Å². The molecule has 1 fully saturated rings. The van der Waals surface area contributed by atoms with E-state index >= 15 is 0 Å². The second kappa shape index (κ2) is 5.79. The molecular weight excluding hydrogens is 318 g/mol. The van der Waals surface area contributed by atoms with Gasteiger partial charge >= 0.3 is 0 Å². The van der Waals surface area contributed by atoms with Crippen LogP contribution in [-0.2, 0) is 15.0 Å². The van der Waals surface area contributed by atoms with E-state index in [4.69, 9.17) is 5.41 Å². The van der Waals surface area contributed by atoms with E-state index in [1.807, 2.05) is 32.9 Å². The van der Waals surface area contributed by atoms with Crippen LogP contribution in [0.3, 0.4) is 0 Å². The number of carbonyl (C=O) groups is 3. The van der Waals surface area contributed by atoms with Crippen molar-refractivity contribution in [2.45, 2.75) is 52.0 Å². The molecule has 3 amide bonds. The van der Waals surface area contributed by atoms with Crippen LogP contribution in [0, 0.1) is 5.41 Å². The van der Waals surface area contributed by atoms with Crippen molar-refractivity contribution in [3.63, 3.8) is 0 Å². The van der Waals surface area contributed by atoms with E-state index in [1.165, 1.54) is 9.80 Å². The monoisotopic (exact) mass is 341 g/mol. The summed E-state index contributed by atoms with van der Waals surface area (Å²) in [5, 5.41) is 8.59. The van der Waals surface area contributed by atoms with Crippen LogP contribution in [-0.4, -0.2) is 45.9 Å². The molecule has 1 saturated heterocycles. The Balaban J connectivity index is 2.04. The lowest BCUT2D eigenvalue weighted by atomic mass is 9.82. The Morgan fingerprint density at radius 1 is 1.20 bits per heavy atom. The smallest absolute Gasteiger partial charge is 0.260 e. The third-order valence-corrected chi connectivity index (χ3v) is 4.91. The van der Waals surface area contributed by atoms with Gasteiger partial charge in [0.2, 0.25) is 5.91 Å². The highest BCUT2D eigenvalue weighted by atomic mass is 16.2. The highest BCUT2D eigenvalue weighted by Crippen LogP contribution is 2.35. The van der Waals surface area contributed by atoms with Gasteiger partial charge in [0.05, 0.1) is 5.56 Å². The van der Waals surface area contributed by atoms with Gasteiger partial charge in [-0.2, -0.15) is 0 Å². The second-order valence-corrected chi connectivity index (χ2v) is 7.53. The number of rotatable bonds is 2. The van der Waals surface area contributed by atoms with Crippen LogP contribution < -0.4 is 0 Å². The number of fused-ring (bicyclic) bond motifs is 1. The van der Waals surface area contributed by atoms with Crippen molar-refractivity contribution in [3.8, 4) is 0 Å². The number of amides is 3.